The summed E-state index contributed by atoms with van der Waals surface area (Å²) in [5, 5.41) is 9.03. The maximum atomic E-state index is 9.03. The van der Waals surface area contributed by atoms with Crippen LogP contribution >= 0.6 is 0 Å². The Balaban J connectivity index is 2.21. The maximum Gasteiger partial charge on any atom is 0.161 e. The zero-order chi connectivity index (χ0) is 12.3. The number of ether oxygens (including phenoxy) is 2. The van der Waals surface area contributed by atoms with E-state index in [9.17, 15) is 0 Å². The summed E-state index contributed by atoms with van der Waals surface area (Å²) in [6.07, 6.45) is 1.63. The maximum absolute atomic E-state index is 9.03. The van der Waals surface area contributed by atoms with Gasteiger partial charge >= 0.3 is 0 Å². The summed E-state index contributed by atoms with van der Waals surface area (Å²) in [7, 11) is 0. The van der Waals surface area contributed by atoms with E-state index in [-0.39, 0.29) is 5.41 Å². The Morgan fingerprint density at radius 2 is 1.94 bits per heavy atom. The van der Waals surface area contributed by atoms with E-state index >= 15 is 0 Å². The molecule has 0 bridgehead atoms. The standard InChI is InChI=1S/C14H17NO2/c1-14(2,10-15)9-11-4-5-12-13(8-11)17-7-3-6-16-12/h4-5,8H,3,6-7,9H2,1-2H3. The van der Waals surface area contributed by atoms with Gasteiger partial charge in [-0.3, -0.25) is 0 Å². The summed E-state index contributed by atoms with van der Waals surface area (Å²) in [4.78, 5) is 0. The summed E-state index contributed by atoms with van der Waals surface area (Å²) in [5.41, 5.74) is 0.764. The van der Waals surface area contributed by atoms with Crippen LogP contribution in [0.5, 0.6) is 11.5 Å². The highest BCUT2D eigenvalue weighted by molar-refractivity contribution is 5.43. The normalized spacial score (nSPS) is 14.9. The third kappa shape index (κ3) is 2.91. The van der Waals surface area contributed by atoms with Crippen molar-refractivity contribution in [2.75, 3.05) is 13.2 Å². The van der Waals surface area contributed by atoms with Crippen molar-refractivity contribution in [2.24, 2.45) is 5.41 Å². The number of hydrogen-bond donors (Lipinski definition) is 0. The molecule has 3 nitrogen and oxygen atoms in total. The van der Waals surface area contributed by atoms with Gasteiger partial charge in [-0.1, -0.05) is 6.07 Å². The molecule has 1 aliphatic rings. The van der Waals surface area contributed by atoms with Crippen LogP contribution in [0.4, 0.5) is 0 Å². The molecule has 0 aliphatic carbocycles. The summed E-state index contributed by atoms with van der Waals surface area (Å²) in [5.74, 6) is 1.61. The van der Waals surface area contributed by atoms with Crippen molar-refractivity contribution >= 4 is 0 Å². The van der Waals surface area contributed by atoms with E-state index in [0.717, 1.165) is 29.9 Å². The first-order chi connectivity index (χ1) is 8.11. The lowest BCUT2D eigenvalue weighted by atomic mass is 9.87. The van der Waals surface area contributed by atoms with Crippen molar-refractivity contribution in [1.82, 2.24) is 0 Å². The predicted octanol–water partition coefficient (Wildman–Crippen LogP) is 2.94. The Morgan fingerprint density at radius 1 is 1.24 bits per heavy atom. The topological polar surface area (TPSA) is 42.2 Å². The first-order valence-corrected chi connectivity index (χ1v) is 5.90. The number of nitrogens with zero attached hydrogens (tertiary/aromatic N) is 1. The van der Waals surface area contributed by atoms with Gasteiger partial charge in [0.05, 0.1) is 24.7 Å². The van der Waals surface area contributed by atoms with Crippen LogP contribution in [-0.2, 0) is 6.42 Å². The fourth-order valence-electron chi connectivity index (χ4n) is 1.87. The quantitative estimate of drug-likeness (QED) is 0.785. The van der Waals surface area contributed by atoms with Crippen LogP contribution in [0.1, 0.15) is 25.8 Å². The van der Waals surface area contributed by atoms with Crippen LogP contribution in [0.15, 0.2) is 18.2 Å². The van der Waals surface area contributed by atoms with Crippen molar-refractivity contribution in [2.45, 2.75) is 26.7 Å². The molecule has 2 rings (SSSR count). The van der Waals surface area contributed by atoms with Crippen LogP contribution < -0.4 is 9.47 Å². The molecule has 1 aromatic rings. The third-order valence-electron chi connectivity index (χ3n) is 2.76. The molecular formula is C14H17NO2. The molecule has 0 aromatic heterocycles. The smallest absolute Gasteiger partial charge is 0.161 e. The third-order valence-corrected chi connectivity index (χ3v) is 2.76. The van der Waals surface area contributed by atoms with Gasteiger partial charge in [0.2, 0.25) is 0 Å². The second-order valence-electron chi connectivity index (χ2n) is 5.00. The lowest BCUT2D eigenvalue weighted by Crippen LogP contribution is -2.11. The molecule has 0 spiro atoms. The SMILES string of the molecule is CC(C)(C#N)Cc1ccc2c(c1)OCCCO2. The van der Waals surface area contributed by atoms with Gasteiger partial charge in [-0.25, -0.2) is 0 Å². The van der Waals surface area contributed by atoms with Gasteiger partial charge in [0.1, 0.15) is 0 Å². The molecule has 0 saturated heterocycles. The molecule has 0 unspecified atom stereocenters. The van der Waals surface area contributed by atoms with Crippen molar-refractivity contribution < 1.29 is 9.47 Å². The van der Waals surface area contributed by atoms with E-state index in [1.165, 1.54) is 0 Å². The number of fused-ring (bicyclic) bond motifs is 1. The molecule has 1 aromatic carbocycles. The minimum absolute atomic E-state index is 0.347. The lowest BCUT2D eigenvalue weighted by molar-refractivity contribution is 0.297. The molecule has 90 valence electrons. The molecule has 0 radical (unpaired) electrons. The fourth-order valence-corrected chi connectivity index (χ4v) is 1.87. The van der Waals surface area contributed by atoms with Crippen molar-refractivity contribution in [1.29, 1.82) is 5.26 Å². The average Bonchev–Trinajstić information content (AvgIpc) is 2.53. The molecule has 0 amide bonds. The summed E-state index contributed by atoms with van der Waals surface area (Å²) >= 11 is 0. The monoisotopic (exact) mass is 231 g/mol. The van der Waals surface area contributed by atoms with Crippen molar-refractivity contribution in [3.8, 4) is 17.6 Å². The van der Waals surface area contributed by atoms with Gasteiger partial charge in [-0.05, 0) is 38.0 Å². The van der Waals surface area contributed by atoms with Crippen molar-refractivity contribution in [3.05, 3.63) is 23.8 Å². The number of hydrogen-bond acceptors (Lipinski definition) is 3. The van der Waals surface area contributed by atoms with Gasteiger partial charge in [0.25, 0.3) is 0 Å². The Morgan fingerprint density at radius 3 is 2.65 bits per heavy atom. The highest BCUT2D eigenvalue weighted by atomic mass is 16.5. The molecule has 0 fully saturated rings. The van der Waals surface area contributed by atoms with E-state index < -0.39 is 0 Å². The van der Waals surface area contributed by atoms with Gasteiger partial charge < -0.3 is 9.47 Å². The second kappa shape index (κ2) is 4.67. The van der Waals surface area contributed by atoms with Gasteiger partial charge in [-0.2, -0.15) is 5.26 Å². The summed E-state index contributed by atoms with van der Waals surface area (Å²) < 4.78 is 11.2. The highest BCUT2D eigenvalue weighted by Crippen LogP contribution is 2.32. The van der Waals surface area contributed by atoms with Crippen LogP contribution in [0.25, 0.3) is 0 Å². The van der Waals surface area contributed by atoms with Gasteiger partial charge in [0.15, 0.2) is 11.5 Å². The molecule has 0 saturated carbocycles. The minimum Gasteiger partial charge on any atom is -0.490 e. The molecular weight excluding hydrogens is 214 g/mol. The van der Waals surface area contributed by atoms with Crippen LogP contribution in [0, 0.1) is 16.7 Å². The predicted molar refractivity (Wildman–Crippen MR) is 65.1 cm³/mol. The molecule has 3 heteroatoms. The van der Waals surface area contributed by atoms with Crippen LogP contribution in [-0.4, -0.2) is 13.2 Å². The first-order valence-electron chi connectivity index (χ1n) is 5.90. The highest BCUT2D eigenvalue weighted by Gasteiger charge is 2.19. The summed E-state index contributed by atoms with van der Waals surface area (Å²) in [6.45, 7) is 5.28. The Kier molecular flexibility index (Phi) is 3.23. The van der Waals surface area contributed by atoms with E-state index in [4.69, 9.17) is 14.7 Å². The number of rotatable bonds is 2. The molecule has 17 heavy (non-hydrogen) atoms. The zero-order valence-corrected chi connectivity index (χ0v) is 10.3. The lowest BCUT2D eigenvalue weighted by Gasteiger charge is -2.16. The average molecular weight is 231 g/mol. The van der Waals surface area contributed by atoms with Gasteiger partial charge in [-0.15, -0.1) is 0 Å². The van der Waals surface area contributed by atoms with E-state index in [1.54, 1.807) is 0 Å². The largest absolute Gasteiger partial charge is 0.490 e. The Bertz CT molecular complexity index is 446. The molecule has 0 N–H and O–H groups in total. The Hall–Kier alpha value is -1.69. The molecule has 0 atom stereocenters. The molecule has 1 aliphatic heterocycles. The fraction of sp³-hybridized carbons (Fsp3) is 0.500. The van der Waals surface area contributed by atoms with E-state index in [2.05, 4.69) is 6.07 Å². The van der Waals surface area contributed by atoms with E-state index in [1.807, 2.05) is 32.0 Å². The second-order valence-corrected chi connectivity index (χ2v) is 5.00. The van der Waals surface area contributed by atoms with Gasteiger partial charge in [0, 0.05) is 6.42 Å². The van der Waals surface area contributed by atoms with Crippen molar-refractivity contribution in [3.63, 3.8) is 0 Å². The Labute approximate surface area is 102 Å². The first kappa shape index (κ1) is 11.8. The zero-order valence-electron chi connectivity index (χ0n) is 10.3. The van der Waals surface area contributed by atoms with E-state index in [0.29, 0.717) is 13.2 Å². The van der Waals surface area contributed by atoms with Crippen LogP contribution in [0.3, 0.4) is 0 Å². The number of nitriles is 1. The molecule has 1 heterocycles. The van der Waals surface area contributed by atoms with Crippen LogP contribution in [0.2, 0.25) is 0 Å². The number of benzene rings is 1. The summed E-state index contributed by atoms with van der Waals surface area (Å²) in [6, 6.07) is 8.24. The minimum atomic E-state index is -0.347.